The van der Waals surface area contributed by atoms with Crippen LogP contribution in [0.2, 0.25) is 0 Å². The van der Waals surface area contributed by atoms with Crippen molar-refractivity contribution in [1.29, 1.82) is 0 Å². The van der Waals surface area contributed by atoms with Crippen LogP contribution in [-0.2, 0) is 6.42 Å². The minimum Gasteiger partial charge on any atom is -0.497 e. The summed E-state index contributed by atoms with van der Waals surface area (Å²) in [7, 11) is 1.71. The molecule has 0 amide bonds. The number of methoxy groups -OCH3 is 1. The maximum atomic E-state index is 5.16. The van der Waals surface area contributed by atoms with Gasteiger partial charge in [-0.3, -0.25) is 0 Å². The monoisotopic (exact) mass is 262 g/mol. The molecule has 1 unspecified atom stereocenters. The highest BCUT2D eigenvalue weighted by Crippen LogP contribution is 2.13. The van der Waals surface area contributed by atoms with Gasteiger partial charge in [-0.25, -0.2) is 0 Å². The molecular formula is C16H26N2O. The number of rotatable bonds is 7. The van der Waals surface area contributed by atoms with Crippen molar-refractivity contribution in [1.82, 2.24) is 10.6 Å². The largest absolute Gasteiger partial charge is 0.497 e. The Hall–Kier alpha value is -1.06. The Morgan fingerprint density at radius 3 is 2.79 bits per heavy atom. The quantitative estimate of drug-likeness (QED) is 0.739. The van der Waals surface area contributed by atoms with Crippen molar-refractivity contribution in [3.63, 3.8) is 0 Å². The van der Waals surface area contributed by atoms with Gasteiger partial charge in [0.2, 0.25) is 0 Å². The second-order valence-corrected chi connectivity index (χ2v) is 5.35. The summed E-state index contributed by atoms with van der Waals surface area (Å²) in [6.07, 6.45) is 5.13. The molecule has 3 nitrogen and oxygen atoms in total. The molecule has 0 aliphatic carbocycles. The van der Waals surface area contributed by atoms with E-state index < -0.39 is 0 Å². The van der Waals surface area contributed by atoms with E-state index in [1.54, 1.807) is 7.11 Å². The second kappa shape index (κ2) is 8.18. The number of nitrogens with one attached hydrogen (secondary N) is 2. The predicted molar refractivity (Wildman–Crippen MR) is 79.8 cm³/mol. The third-order valence-corrected chi connectivity index (χ3v) is 3.88. The van der Waals surface area contributed by atoms with Crippen molar-refractivity contribution >= 4 is 0 Å². The Bertz CT molecular complexity index is 344. The van der Waals surface area contributed by atoms with E-state index in [1.165, 1.54) is 37.9 Å². The highest BCUT2D eigenvalue weighted by molar-refractivity contribution is 5.27. The number of benzene rings is 1. The fourth-order valence-corrected chi connectivity index (χ4v) is 2.63. The van der Waals surface area contributed by atoms with E-state index in [-0.39, 0.29) is 0 Å². The minimum atomic E-state index is 0.877. The Morgan fingerprint density at radius 1 is 1.26 bits per heavy atom. The van der Waals surface area contributed by atoms with Crippen LogP contribution in [0, 0.1) is 5.92 Å². The summed E-state index contributed by atoms with van der Waals surface area (Å²) >= 11 is 0. The second-order valence-electron chi connectivity index (χ2n) is 5.35. The van der Waals surface area contributed by atoms with Crippen molar-refractivity contribution in [2.24, 2.45) is 5.92 Å². The van der Waals surface area contributed by atoms with Crippen LogP contribution in [0.25, 0.3) is 0 Å². The van der Waals surface area contributed by atoms with E-state index >= 15 is 0 Å². The van der Waals surface area contributed by atoms with Gasteiger partial charge in [-0.1, -0.05) is 12.1 Å². The fourth-order valence-electron chi connectivity index (χ4n) is 2.63. The molecule has 3 heteroatoms. The summed E-state index contributed by atoms with van der Waals surface area (Å²) in [6.45, 7) is 4.62. The zero-order valence-corrected chi connectivity index (χ0v) is 12.0. The molecule has 106 valence electrons. The maximum absolute atomic E-state index is 5.16. The molecule has 1 aromatic carbocycles. The lowest BCUT2D eigenvalue weighted by Crippen LogP contribution is -2.32. The van der Waals surface area contributed by atoms with Crippen LogP contribution in [-0.4, -0.2) is 33.3 Å². The summed E-state index contributed by atoms with van der Waals surface area (Å²) in [4.78, 5) is 0. The average Bonchev–Trinajstić information content (AvgIpc) is 2.49. The summed E-state index contributed by atoms with van der Waals surface area (Å²) in [6, 6.07) is 8.35. The molecule has 1 fully saturated rings. The summed E-state index contributed by atoms with van der Waals surface area (Å²) in [5.41, 5.74) is 1.37. The molecular weight excluding hydrogens is 236 g/mol. The Labute approximate surface area is 116 Å². The lowest BCUT2D eigenvalue weighted by atomic mass is 9.96. The van der Waals surface area contributed by atoms with Crippen LogP contribution in [0.5, 0.6) is 5.75 Å². The van der Waals surface area contributed by atoms with Crippen molar-refractivity contribution in [2.45, 2.75) is 25.7 Å². The Balaban J connectivity index is 1.55. The lowest BCUT2D eigenvalue weighted by Gasteiger charge is -2.22. The molecule has 2 N–H and O–H groups in total. The van der Waals surface area contributed by atoms with Crippen LogP contribution in [0.15, 0.2) is 24.3 Å². The van der Waals surface area contributed by atoms with Crippen molar-refractivity contribution in [2.75, 3.05) is 33.3 Å². The molecule has 2 rings (SSSR count). The van der Waals surface area contributed by atoms with Gasteiger partial charge < -0.3 is 15.4 Å². The van der Waals surface area contributed by atoms with Gasteiger partial charge in [0.25, 0.3) is 0 Å². The summed E-state index contributed by atoms with van der Waals surface area (Å²) in [5.74, 6) is 1.81. The zero-order valence-electron chi connectivity index (χ0n) is 12.0. The van der Waals surface area contributed by atoms with Crippen molar-refractivity contribution < 1.29 is 4.74 Å². The van der Waals surface area contributed by atoms with Crippen LogP contribution < -0.4 is 15.4 Å². The highest BCUT2D eigenvalue weighted by Gasteiger charge is 2.11. The fraction of sp³-hybridized carbons (Fsp3) is 0.625. The number of ether oxygens (including phenoxy) is 1. The van der Waals surface area contributed by atoms with Gasteiger partial charge in [0, 0.05) is 0 Å². The molecule has 0 radical (unpaired) electrons. The van der Waals surface area contributed by atoms with E-state index in [0.717, 1.165) is 31.2 Å². The third kappa shape index (κ3) is 5.21. The first kappa shape index (κ1) is 14.4. The highest BCUT2D eigenvalue weighted by atomic mass is 16.5. The van der Waals surface area contributed by atoms with Gasteiger partial charge in [-0.15, -0.1) is 0 Å². The minimum absolute atomic E-state index is 0.877. The van der Waals surface area contributed by atoms with Crippen LogP contribution in [0.1, 0.15) is 24.8 Å². The zero-order chi connectivity index (χ0) is 13.3. The molecule has 1 aliphatic heterocycles. The molecule has 0 aromatic heterocycles. The molecule has 19 heavy (non-hydrogen) atoms. The Morgan fingerprint density at radius 2 is 2.11 bits per heavy atom. The standard InChI is InChI=1S/C16H26N2O/c1-19-16-6-4-14(5-7-16)8-11-17-12-9-15-3-2-10-18-13-15/h4-7,15,17-18H,2-3,8-13H2,1H3. The van der Waals surface area contributed by atoms with E-state index in [0.29, 0.717) is 0 Å². The third-order valence-electron chi connectivity index (χ3n) is 3.88. The van der Waals surface area contributed by atoms with E-state index in [4.69, 9.17) is 4.74 Å². The summed E-state index contributed by atoms with van der Waals surface area (Å²) in [5, 5.41) is 7.02. The number of hydrogen-bond donors (Lipinski definition) is 2. The smallest absolute Gasteiger partial charge is 0.118 e. The van der Waals surface area contributed by atoms with Crippen LogP contribution in [0.3, 0.4) is 0 Å². The number of piperidine rings is 1. The van der Waals surface area contributed by atoms with Crippen molar-refractivity contribution in [3.05, 3.63) is 29.8 Å². The van der Waals surface area contributed by atoms with Gasteiger partial charge >= 0.3 is 0 Å². The van der Waals surface area contributed by atoms with Gasteiger partial charge in [0.1, 0.15) is 5.75 Å². The SMILES string of the molecule is COc1ccc(CCNCCC2CCCNC2)cc1. The lowest BCUT2D eigenvalue weighted by molar-refractivity contribution is 0.352. The molecule has 0 bridgehead atoms. The molecule has 0 spiro atoms. The first-order valence-corrected chi connectivity index (χ1v) is 7.43. The molecule has 1 aromatic rings. The molecule has 1 heterocycles. The van der Waals surface area contributed by atoms with Gasteiger partial charge in [0.05, 0.1) is 7.11 Å². The Kier molecular flexibility index (Phi) is 6.18. The first-order chi connectivity index (χ1) is 9.38. The van der Waals surface area contributed by atoms with Gasteiger partial charge in [0.15, 0.2) is 0 Å². The predicted octanol–water partition coefficient (Wildman–Crippen LogP) is 2.22. The maximum Gasteiger partial charge on any atom is 0.118 e. The number of hydrogen-bond acceptors (Lipinski definition) is 3. The van der Waals surface area contributed by atoms with E-state index in [9.17, 15) is 0 Å². The molecule has 1 atom stereocenters. The topological polar surface area (TPSA) is 33.3 Å². The first-order valence-electron chi connectivity index (χ1n) is 7.43. The van der Waals surface area contributed by atoms with Gasteiger partial charge in [-0.2, -0.15) is 0 Å². The van der Waals surface area contributed by atoms with Gasteiger partial charge in [-0.05, 0) is 75.5 Å². The van der Waals surface area contributed by atoms with E-state index in [1.807, 2.05) is 12.1 Å². The van der Waals surface area contributed by atoms with Crippen LogP contribution >= 0.6 is 0 Å². The van der Waals surface area contributed by atoms with E-state index in [2.05, 4.69) is 22.8 Å². The molecule has 0 saturated carbocycles. The average molecular weight is 262 g/mol. The van der Waals surface area contributed by atoms with Crippen LogP contribution in [0.4, 0.5) is 0 Å². The molecule has 1 aliphatic rings. The molecule has 1 saturated heterocycles. The summed E-state index contributed by atoms with van der Waals surface area (Å²) < 4.78 is 5.16. The normalized spacial score (nSPS) is 19.3. The van der Waals surface area contributed by atoms with Crippen molar-refractivity contribution in [3.8, 4) is 5.75 Å².